The summed E-state index contributed by atoms with van der Waals surface area (Å²) >= 11 is 0. The van der Waals surface area contributed by atoms with E-state index in [0.29, 0.717) is 5.69 Å². The lowest BCUT2D eigenvalue weighted by Crippen LogP contribution is -2.40. The third-order valence-electron chi connectivity index (χ3n) is 3.85. The molecule has 2 aromatic carbocycles. The van der Waals surface area contributed by atoms with Gasteiger partial charge in [-0.3, -0.25) is 0 Å². The number of nitrogens with zero attached hydrogens (tertiary/aromatic N) is 2. The van der Waals surface area contributed by atoms with Gasteiger partial charge in [-0.2, -0.15) is 5.10 Å². The van der Waals surface area contributed by atoms with Gasteiger partial charge in [-0.15, -0.1) is 0 Å². The summed E-state index contributed by atoms with van der Waals surface area (Å²) in [7, 11) is 0. The van der Waals surface area contributed by atoms with Crippen LogP contribution < -0.4 is 10.6 Å². The van der Waals surface area contributed by atoms with Crippen LogP contribution in [0.4, 0.5) is 10.5 Å². The van der Waals surface area contributed by atoms with Crippen molar-refractivity contribution in [2.75, 3.05) is 11.9 Å². The van der Waals surface area contributed by atoms with Gasteiger partial charge in [0.1, 0.15) is 5.60 Å². The van der Waals surface area contributed by atoms with Gasteiger partial charge in [-0.05, 0) is 24.6 Å². The molecule has 0 aliphatic carbocycles. The van der Waals surface area contributed by atoms with Gasteiger partial charge in [-0.1, -0.05) is 48.5 Å². The smallest absolute Gasteiger partial charge is 0.319 e. The Hall–Kier alpha value is -3.12. The predicted molar refractivity (Wildman–Crippen MR) is 96.6 cm³/mol. The van der Waals surface area contributed by atoms with Crippen molar-refractivity contribution in [1.82, 2.24) is 15.1 Å². The molecule has 6 heteroatoms. The number of nitrogens with one attached hydrogen (secondary N) is 2. The topological polar surface area (TPSA) is 79.2 Å². The van der Waals surface area contributed by atoms with Crippen molar-refractivity contribution in [2.45, 2.75) is 12.5 Å². The number of urea groups is 1. The van der Waals surface area contributed by atoms with E-state index in [1.165, 1.54) is 0 Å². The van der Waals surface area contributed by atoms with Crippen molar-refractivity contribution < 1.29 is 9.90 Å². The minimum atomic E-state index is -1.15. The van der Waals surface area contributed by atoms with Crippen molar-refractivity contribution in [3.8, 4) is 5.69 Å². The summed E-state index contributed by atoms with van der Waals surface area (Å²) in [6.45, 7) is 1.76. The van der Waals surface area contributed by atoms with Crippen LogP contribution >= 0.6 is 0 Å². The Bertz CT molecular complexity index is 829. The van der Waals surface area contributed by atoms with Crippen molar-refractivity contribution in [2.24, 2.45) is 0 Å². The molecule has 0 radical (unpaired) electrons. The summed E-state index contributed by atoms with van der Waals surface area (Å²) in [5, 5.41) is 20.1. The van der Waals surface area contributed by atoms with E-state index in [0.717, 1.165) is 11.3 Å². The fraction of sp³-hybridized carbons (Fsp3) is 0.158. The highest BCUT2D eigenvalue weighted by Crippen LogP contribution is 2.19. The molecule has 6 nitrogen and oxygen atoms in total. The summed E-state index contributed by atoms with van der Waals surface area (Å²) < 4.78 is 1.68. The van der Waals surface area contributed by atoms with E-state index in [1.54, 1.807) is 24.0 Å². The first-order valence-corrected chi connectivity index (χ1v) is 7.97. The number of benzene rings is 2. The zero-order chi connectivity index (χ0) is 17.7. The van der Waals surface area contributed by atoms with E-state index in [2.05, 4.69) is 15.7 Å². The maximum atomic E-state index is 12.1. The molecular formula is C19H20N4O2. The largest absolute Gasteiger partial charge is 0.384 e. The average molecular weight is 336 g/mol. The Labute approximate surface area is 146 Å². The van der Waals surface area contributed by atoms with E-state index < -0.39 is 11.6 Å². The molecule has 0 fully saturated rings. The molecule has 3 N–H and O–H groups in total. The first-order chi connectivity index (χ1) is 12.0. The van der Waals surface area contributed by atoms with Crippen LogP contribution in [0.3, 0.4) is 0 Å². The molecular weight excluding hydrogens is 316 g/mol. The van der Waals surface area contributed by atoms with E-state index in [4.69, 9.17) is 0 Å². The van der Waals surface area contributed by atoms with Gasteiger partial charge >= 0.3 is 6.03 Å². The van der Waals surface area contributed by atoms with Crippen LogP contribution in [0.15, 0.2) is 73.1 Å². The summed E-state index contributed by atoms with van der Waals surface area (Å²) in [4.78, 5) is 12.1. The minimum Gasteiger partial charge on any atom is -0.384 e. The molecule has 25 heavy (non-hydrogen) atoms. The Kier molecular flexibility index (Phi) is 4.81. The number of rotatable bonds is 5. The van der Waals surface area contributed by atoms with E-state index in [1.807, 2.05) is 60.7 Å². The number of hydrogen-bond donors (Lipinski definition) is 3. The number of amides is 2. The monoisotopic (exact) mass is 336 g/mol. The quantitative estimate of drug-likeness (QED) is 0.670. The highest BCUT2D eigenvalue weighted by molar-refractivity contribution is 5.89. The number of para-hydroxylation sites is 1. The van der Waals surface area contributed by atoms with Crippen LogP contribution in [0.25, 0.3) is 5.69 Å². The fourth-order valence-corrected chi connectivity index (χ4v) is 2.44. The van der Waals surface area contributed by atoms with Crippen molar-refractivity contribution in [3.63, 3.8) is 0 Å². The van der Waals surface area contributed by atoms with Crippen LogP contribution in [0.2, 0.25) is 0 Å². The van der Waals surface area contributed by atoms with Gasteiger partial charge < -0.3 is 15.7 Å². The molecule has 0 aliphatic rings. The normalized spacial score (nSPS) is 13.0. The molecule has 0 aliphatic heterocycles. The first kappa shape index (κ1) is 16.7. The molecule has 1 heterocycles. The first-order valence-electron chi connectivity index (χ1n) is 7.97. The van der Waals surface area contributed by atoms with Crippen molar-refractivity contribution in [3.05, 3.63) is 78.6 Å². The highest BCUT2D eigenvalue weighted by atomic mass is 16.3. The summed E-state index contributed by atoms with van der Waals surface area (Å²) in [6, 6.07) is 18.4. The number of aromatic nitrogens is 2. The van der Waals surface area contributed by atoms with Crippen molar-refractivity contribution in [1.29, 1.82) is 0 Å². The maximum Gasteiger partial charge on any atom is 0.319 e. The molecule has 1 atom stereocenters. The highest BCUT2D eigenvalue weighted by Gasteiger charge is 2.23. The molecule has 1 aromatic heterocycles. The summed E-state index contributed by atoms with van der Waals surface area (Å²) in [5.41, 5.74) is 1.07. The molecule has 0 saturated carbocycles. The maximum absolute atomic E-state index is 12.1. The van der Waals surface area contributed by atoms with Crippen LogP contribution in [-0.4, -0.2) is 27.5 Å². The standard InChI is InChI=1S/C19H20N4O2/c1-19(25,15-8-4-2-5-9-15)14-20-18(24)22-16-12-21-23(13-16)17-10-6-3-7-11-17/h2-13,25H,14H2,1H3,(H2,20,22,24). The van der Waals surface area contributed by atoms with E-state index in [9.17, 15) is 9.90 Å². The SMILES string of the molecule is CC(O)(CNC(=O)Nc1cnn(-c2ccccc2)c1)c1ccccc1. The van der Waals surface area contributed by atoms with Crippen LogP contribution in [0.5, 0.6) is 0 Å². The third kappa shape index (κ3) is 4.24. The van der Waals surface area contributed by atoms with Crippen LogP contribution in [0.1, 0.15) is 12.5 Å². The molecule has 128 valence electrons. The Morgan fingerprint density at radius 3 is 2.44 bits per heavy atom. The zero-order valence-electron chi connectivity index (χ0n) is 13.9. The lowest BCUT2D eigenvalue weighted by molar-refractivity contribution is 0.0599. The molecule has 3 aromatic rings. The van der Waals surface area contributed by atoms with Gasteiger partial charge in [-0.25, -0.2) is 9.48 Å². The van der Waals surface area contributed by atoms with Gasteiger partial charge in [0, 0.05) is 0 Å². The minimum absolute atomic E-state index is 0.0929. The second kappa shape index (κ2) is 7.19. The van der Waals surface area contributed by atoms with E-state index in [-0.39, 0.29) is 6.54 Å². The zero-order valence-corrected chi connectivity index (χ0v) is 13.9. The molecule has 0 saturated heterocycles. The number of carbonyl (C=O) groups is 1. The molecule has 3 rings (SSSR count). The number of carbonyl (C=O) groups excluding carboxylic acids is 1. The predicted octanol–water partition coefficient (Wildman–Crippen LogP) is 2.90. The lowest BCUT2D eigenvalue weighted by Gasteiger charge is -2.24. The molecule has 2 amide bonds. The lowest BCUT2D eigenvalue weighted by atomic mass is 9.96. The Morgan fingerprint density at radius 1 is 1.12 bits per heavy atom. The van der Waals surface area contributed by atoms with Gasteiger partial charge in [0.25, 0.3) is 0 Å². The van der Waals surface area contributed by atoms with Crippen molar-refractivity contribution >= 4 is 11.7 Å². The summed E-state index contributed by atoms with van der Waals surface area (Å²) in [5.74, 6) is 0. The van der Waals surface area contributed by atoms with Gasteiger partial charge in [0.05, 0.1) is 30.3 Å². The molecule has 0 spiro atoms. The Balaban J connectivity index is 1.57. The third-order valence-corrected chi connectivity index (χ3v) is 3.85. The van der Waals surface area contributed by atoms with E-state index >= 15 is 0 Å². The molecule has 1 unspecified atom stereocenters. The molecule has 0 bridgehead atoms. The van der Waals surface area contributed by atoms with Crippen LogP contribution in [-0.2, 0) is 5.60 Å². The second-order valence-electron chi connectivity index (χ2n) is 5.96. The summed E-state index contributed by atoms with van der Waals surface area (Å²) in [6.07, 6.45) is 3.30. The number of anilines is 1. The number of hydrogen-bond acceptors (Lipinski definition) is 3. The number of aliphatic hydroxyl groups is 1. The second-order valence-corrected chi connectivity index (χ2v) is 5.96. The Morgan fingerprint density at radius 2 is 1.76 bits per heavy atom. The van der Waals surface area contributed by atoms with Gasteiger partial charge in [0.15, 0.2) is 0 Å². The average Bonchev–Trinajstić information content (AvgIpc) is 3.10. The fourth-order valence-electron chi connectivity index (χ4n) is 2.44. The van der Waals surface area contributed by atoms with Crippen LogP contribution in [0, 0.1) is 0 Å². The van der Waals surface area contributed by atoms with Gasteiger partial charge in [0.2, 0.25) is 0 Å².